The molecule has 10 nitrogen and oxygen atoms in total. The lowest BCUT2D eigenvalue weighted by atomic mass is 10.4. The van der Waals surface area contributed by atoms with Crippen molar-refractivity contribution >= 4 is 15.8 Å². The lowest BCUT2D eigenvalue weighted by molar-refractivity contribution is 0.581. The molecule has 0 aliphatic heterocycles. The molecule has 3 heterocycles. The van der Waals surface area contributed by atoms with Gasteiger partial charge in [0.25, 0.3) is 0 Å². The molecule has 0 radical (unpaired) electrons. The topological polar surface area (TPSA) is 120 Å². The molecular formula is C16H22N8O2S. The van der Waals surface area contributed by atoms with Crippen LogP contribution in [0.1, 0.15) is 17.1 Å². The molecule has 0 saturated heterocycles. The van der Waals surface area contributed by atoms with Crippen LogP contribution in [0.2, 0.25) is 0 Å². The second-order valence-corrected chi connectivity index (χ2v) is 7.82. The number of nitrogens with zero attached hydrogens (tertiary/aromatic N) is 6. The van der Waals surface area contributed by atoms with Crippen LogP contribution in [0, 0.1) is 20.8 Å². The van der Waals surface area contributed by atoms with Crippen LogP contribution in [-0.4, -0.2) is 51.0 Å². The van der Waals surface area contributed by atoms with E-state index in [1.165, 1.54) is 6.33 Å². The van der Waals surface area contributed by atoms with Gasteiger partial charge in [-0.15, -0.1) is 0 Å². The largest absolute Gasteiger partial charge is 0.369 e. The summed E-state index contributed by atoms with van der Waals surface area (Å²) in [7, 11) is -1.90. The second kappa shape index (κ2) is 7.45. The van der Waals surface area contributed by atoms with Gasteiger partial charge in [0.05, 0.1) is 17.1 Å². The van der Waals surface area contributed by atoms with Crippen LogP contribution in [0.25, 0.3) is 5.82 Å². The van der Waals surface area contributed by atoms with Crippen LogP contribution in [0.3, 0.4) is 0 Å². The van der Waals surface area contributed by atoms with Crippen molar-refractivity contribution in [3.8, 4) is 5.82 Å². The van der Waals surface area contributed by atoms with Gasteiger partial charge in [-0.1, -0.05) is 0 Å². The number of anilines is 1. The van der Waals surface area contributed by atoms with E-state index in [2.05, 4.69) is 30.2 Å². The molecule has 0 aliphatic rings. The minimum absolute atomic E-state index is 0.205. The Balaban J connectivity index is 1.60. The fourth-order valence-electron chi connectivity index (χ4n) is 2.70. The Hall–Kier alpha value is -2.79. The van der Waals surface area contributed by atoms with E-state index < -0.39 is 10.0 Å². The number of hydrogen-bond acceptors (Lipinski definition) is 7. The average Bonchev–Trinajstić information content (AvgIpc) is 3.15. The first-order chi connectivity index (χ1) is 12.8. The molecule has 0 atom stereocenters. The Morgan fingerprint density at radius 2 is 1.89 bits per heavy atom. The van der Waals surface area contributed by atoms with Gasteiger partial charge in [-0.2, -0.15) is 10.2 Å². The van der Waals surface area contributed by atoms with Gasteiger partial charge in [0.15, 0.2) is 5.82 Å². The zero-order valence-corrected chi connectivity index (χ0v) is 16.4. The Morgan fingerprint density at radius 1 is 1.11 bits per heavy atom. The van der Waals surface area contributed by atoms with Gasteiger partial charge in [-0.25, -0.2) is 27.8 Å². The van der Waals surface area contributed by atoms with Crippen LogP contribution in [0.5, 0.6) is 0 Å². The molecule has 2 N–H and O–H groups in total. The average molecular weight is 390 g/mol. The van der Waals surface area contributed by atoms with Gasteiger partial charge in [-0.3, -0.25) is 4.68 Å². The van der Waals surface area contributed by atoms with E-state index in [1.54, 1.807) is 36.3 Å². The van der Waals surface area contributed by atoms with Crippen LogP contribution < -0.4 is 10.0 Å². The van der Waals surface area contributed by atoms with E-state index in [0.29, 0.717) is 29.6 Å². The van der Waals surface area contributed by atoms with E-state index >= 15 is 0 Å². The summed E-state index contributed by atoms with van der Waals surface area (Å²) in [5.41, 5.74) is 1.96. The first kappa shape index (κ1) is 19.0. The Bertz CT molecular complexity index is 1050. The Labute approximate surface area is 157 Å². The maximum absolute atomic E-state index is 12.5. The lowest BCUT2D eigenvalue weighted by Gasteiger charge is -2.09. The lowest BCUT2D eigenvalue weighted by Crippen LogP contribution is -2.29. The number of sulfonamides is 1. The molecule has 0 bridgehead atoms. The normalized spacial score (nSPS) is 11.7. The van der Waals surface area contributed by atoms with E-state index in [4.69, 9.17) is 0 Å². The van der Waals surface area contributed by atoms with Crippen molar-refractivity contribution in [2.24, 2.45) is 7.05 Å². The highest BCUT2D eigenvalue weighted by Crippen LogP contribution is 2.18. The summed E-state index contributed by atoms with van der Waals surface area (Å²) in [4.78, 5) is 8.55. The Morgan fingerprint density at radius 3 is 2.52 bits per heavy atom. The molecule has 3 aromatic rings. The molecule has 0 spiro atoms. The maximum Gasteiger partial charge on any atom is 0.244 e. The highest BCUT2D eigenvalue weighted by Gasteiger charge is 2.23. The van der Waals surface area contributed by atoms with Crippen LogP contribution in [0.15, 0.2) is 29.6 Å². The van der Waals surface area contributed by atoms with Crippen molar-refractivity contribution in [2.45, 2.75) is 25.7 Å². The van der Waals surface area contributed by atoms with Gasteiger partial charge < -0.3 is 5.32 Å². The molecule has 0 saturated carbocycles. The van der Waals surface area contributed by atoms with Gasteiger partial charge in [-0.05, 0) is 26.8 Å². The Kier molecular flexibility index (Phi) is 5.24. The fourth-order valence-corrected chi connectivity index (χ4v) is 4.17. The van der Waals surface area contributed by atoms with Crippen molar-refractivity contribution in [1.82, 2.24) is 34.3 Å². The second-order valence-electron chi connectivity index (χ2n) is 6.11. The predicted molar refractivity (Wildman–Crippen MR) is 100 cm³/mol. The van der Waals surface area contributed by atoms with Crippen molar-refractivity contribution < 1.29 is 8.42 Å². The monoisotopic (exact) mass is 390 g/mol. The minimum atomic E-state index is -3.62. The summed E-state index contributed by atoms with van der Waals surface area (Å²) in [5.74, 6) is 1.21. The molecule has 0 unspecified atom stereocenters. The van der Waals surface area contributed by atoms with Crippen molar-refractivity contribution in [3.63, 3.8) is 0 Å². The first-order valence-corrected chi connectivity index (χ1v) is 9.84. The molecule has 0 fully saturated rings. The van der Waals surface area contributed by atoms with Crippen LogP contribution >= 0.6 is 0 Å². The van der Waals surface area contributed by atoms with E-state index in [9.17, 15) is 8.42 Å². The molecule has 3 rings (SSSR count). The van der Waals surface area contributed by atoms with E-state index in [0.717, 1.165) is 5.69 Å². The van der Waals surface area contributed by atoms with Gasteiger partial charge >= 0.3 is 0 Å². The van der Waals surface area contributed by atoms with Gasteiger partial charge in [0.1, 0.15) is 17.0 Å². The van der Waals surface area contributed by atoms with E-state index in [1.807, 2.05) is 19.2 Å². The molecule has 0 amide bonds. The maximum atomic E-state index is 12.5. The molecule has 0 aromatic carbocycles. The van der Waals surface area contributed by atoms with Crippen LogP contribution in [0.4, 0.5) is 5.82 Å². The van der Waals surface area contributed by atoms with Crippen molar-refractivity contribution in [2.75, 3.05) is 18.4 Å². The SMILES string of the molecule is Cc1ccn(-c2cc(NCCNS(=O)(=O)c3c(C)nn(C)c3C)ncn2)n1. The first-order valence-electron chi connectivity index (χ1n) is 8.36. The standard InChI is InChI=1S/C16H22N8O2S/c1-11-5-8-24(21-11)15-9-14(18-10-19-15)17-6-7-20-27(25,26)16-12(2)22-23(4)13(16)3/h5,8-10,20H,6-7H2,1-4H3,(H,17,18,19). The van der Waals surface area contributed by atoms with Crippen molar-refractivity contribution in [1.29, 1.82) is 0 Å². The highest BCUT2D eigenvalue weighted by molar-refractivity contribution is 7.89. The molecule has 11 heteroatoms. The highest BCUT2D eigenvalue weighted by atomic mass is 32.2. The summed E-state index contributed by atoms with van der Waals surface area (Å²) in [6, 6.07) is 3.63. The van der Waals surface area contributed by atoms with Gasteiger partial charge in [0, 0.05) is 32.4 Å². The number of hydrogen-bond donors (Lipinski definition) is 2. The van der Waals surface area contributed by atoms with Crippen LogP contribution in [-0.2, 0) is 17.1 Å². The quantitative estimate of drug-likeness (QED) is 0.570. The molecule has 27 heavy (non-hydrogen) atoms. The number of aryl methyl sites for hydroxylation is 3. The molecule has 3 aromatic heterocycles. The fraction of sp³-hybridized carbons (Fsp3) is 0.375. The molecule has 144 valence electrons. The molecule has 0 aliphatic carbocycles. The molecular weight excluding hydrogens is 368 g/mol. The third kappa shape index (κ3) is 4.14. The zero-order valence-electron chi connectivity index (χ0n) is 15.6. The summed E-state index contributed by atoms with van der Waals surface area (Å²) in [5, 5.41) is 11.5. The van der Waals surface area contributed by atoms with E-state index in [-0.39, 0.29) is 11.4 Å². The zero-order chi connectivity index (χ0) is 19.6. The number of aromatic nitrogens is 6. The number of rotatable bonds is 7. The third-order valence-electron chi connectivity index (χ3n) is 4.04. The smallest absolute Gasteiger partial charge is 0.244 e. The summed E-state index contributed by atoms with van der Waals surface area (Å²) in [6.07, 6.45) is 3.25. The minimum Gasteiger partial charge on any atom is -0.369 e. The summed E-state index contributed by atoms with van der Waals surface area (Å²) < 4.78 is 30.8. The number of nitrogens with one attached hydrogen (secondary N) is 2. The third-order valence-corrected chi connectivity index (χ3v) is 5.76. The summed E-state index contributed by atoms with van der Waals surface area (Å²) >= 11 is 0. The summed E-state index contributed by atoms with van der Waals surface area (Å²) in [6.45, 7) is 5.88. The van der Waals surface area contributed by atoms with Crippen molar-refractivity contribution in [3.05, 3.63) is 41.7 Å². The predicted octanol–water partition coefficient (Wildman–Crippen LogP) is 0.711. The van der Waals surface area contributed by atoms with Gasteiger partial charge in [0.2, 0.25) is 10.0 Å².